The maximum atomic E-state index is 11.7. The van der Waals surface area contributed by atoms with Crippen molar-refractivity contribution in [3.8, 4) is 11.5 Å². The van der Waals surface area contributed by atoms with E-state index in [0.717, 1.165) is 0 Å². The summed E-state index contributed by atoms with van der Waals surface area (Å²) in [5.41, 5.74) is 0.539. The molecule has 0 N–H and O–H groups in total. The van der Waals surface area contributed by atoms with Crippen molar-refractivity contribution >= 4 is 15.8 Å². The van der Waals surface area contributed by atoms with Crippen LogP contribution in [0.15, 0.2) is 18.2 Å². The van der Waals surface area contributed by atoms with Crippen LogP contribution >= 0.6 is 0 Å². The third-order valence-electron chi connectivity index (χ3n) is 3.83. The van der Waals surface area contributed by atoms with Gasteiger partial charge < -0.3 is 9.47 Å². The number of carbonyl (C=O) groups is 1. The molecular formula is C17H25NO5S. The van der Waals surface area contributed by atoms with Crippen molar-refractivity contribution in [1.82, 2.24) is 4.31 Å². The Morgan fingerprint density at radius 2 is 1.75 bits per heavy atom. The molecule has 0 aliphatic carbocycles. The van der Waals surface area contributed by atoms with Gasteiger partial charge in [0.2, 0.25) is 10.0 Å². The first-order valence-electron chi connectivity index (χ1n) is 8.09. The summed E-state index contributed by atoms with van der Waals surface area (Å²) in [7, 11) is -3.15. The first-order valence-corrected chi connectivity index (χ1v) is 9.94. The first-order chi connectivity index (χ1) is 11.1. The Labute approximate surface area is 143 Å². The van der Waals surface area contributed by atoms with E-state index in [9.17, 15) is 13.2 Å². The Morgan fingerprint density at radius 1 is 1.17 bits per heavy atom. The maximum Gasteiger partial charge on any atom is 0.211 e. The second-order valence-electron chi connectivity index (χ2n) is 6.40. The van der Waals surface area contributed by atoms with Crippen molar-refractivity contribution in [1.29, 1.82) is 0 Å². The molecule has 0 radical (unpaired) electrons. The molecule has 0 unspecified atom stereocenters. The number of hydrogen-bond acceptors (Lipinski definition) is 5. The lowest BCUT2D eigenvalue weighted by atomic mass is 10.1. The Morgan fingerprint density at radius 3 is 2.25 bits per heavy atom. The van der Waals surface area contributed by atoms with Gasteiger partial charge in [0.1, 0.15) is 17.6 Å². The number of sulfonamides is 1. The molecular weight excluding hydrogens is 330 g/mol. The summed E-state index contributed by atoms with van der Waals surface area (Å²) < 4.78 is 36.2. The number of piperidine rings is 1. The molecule has 0 aromatic heterocycles. The van der Waals surface area contributed by atoms with E-state index in [4.69, 9.17) is 9.47 Å². The van der Waals surface area contributed by atoms with Crippen LogP contribution in [0.1, 0.15) is 44.0 Å². The van der Waals surface area contributed by atoms with Crippen LogP contribution in [0.4, 0.5) is 0 Å². The molecule has 1 aromatic rings. The minimum absolute atomic E-state index is 0.00180. The van der Waals surface area contributed by atoms with Crippen molar-refractivity contribution in [3.05, 3.63) is 23.8 Å². The fraction of sp³-hybridized carbons (Fsp3) is 0.588. The smallest absolute Gasteiger partial charge is 0.211 e. The molecule has 1 aromatic carbocycles. The lowest BCUT2D eigenvalue weighted by molar-refractivity contribution is 0.101. The quantitative estimate of drug-likeness (QED) is 0.733. The topological polar surface area (TPSA) is 72.9 Å². The van der Waals surface area contributed by atoms with Gasteiger partial charge in [-0.1, -0.05) is 0 Å². The van der Waals surface area contributed by atoms with Crippen molar-refractivity contribution in [2.75, 3.05) is 19.3 Å². The lowest BCUT2D eigenvalue weighted by Gasteiger charge is -2.30. The Bertz CT molecular complexity index is 691. The van der Waals surface area contributed by atoms with Gasteiger partial charge in [-0.25, -0.2) is 12.7 Å². The van der Waals surface area contributed by atoms with Crippen molar-refractivity contribution in [2.45, 2.75) is 45.8 Å². The number of hydrogen-bond donors (Lipinski definition) is 0. The van der Waals surface area contributed by atoms with Gasteiger partial charge in [0.25, 0.3) is 0 Å². The van der Waals surface area contributed by atoms with E-state index in [1.807, 2.05) is 13.8 Å². The van der Waals surface area contributed by atoms with E-state index in [1.165, 1.54) is 17.5 Å². The summed E-state index contributed by atoms with van der Waals surface area (Å²) >= 11 is 0. The van der Waals surface area contributed by atoms with Gasteiger partial charge in [-0.15, -0.1) is 0 Å². The summed E-state index contributed by atoms with van der Waals surface area (Å²) in [5, 5.41) is 0. The van der Waals surface area contributed by atoms with E-state index in [2.05, 4.69) is 0 Å². The third kappa shape index (κ3) is 5.21. The molecule has 0 spiro atoms. The molecule has 1 aliphatic heterocycles. The zero-order chi connectivity index (χ0) is 17.9. The van der Waals surface area contributed by atoms with Gasteiger partial charge in [0.05, 0.1) is 12.4 Å². The highest BCUT2D eigenvalue weighted by molar-refractivity contribution is 7.88. The van der Waals surface area contributed by atoms with Crippen LogP contribution < -0.4 is 9.47 Å². The van der Waals surface area contributed by atoms with Gasteiger partial charge in [0, 0.05) is 24.7 Å². The standard InChI is InChI=1S/C17H25NO5S/c1-12(2)22-16-9-14(13(3)19)10-17(11-16)23-15-5-7-18(8-6-15)24(4,20)21/h9-12,15H,5-8H2,1-4H3. The number of carbonyl (C=O) groups excluding carboxylic acids is 1. The van der Waals surface area contributed by atoms with Crippen LogP contribution in [0, 0.1) is 0 Å². The Balaban J connectivity index is 2.09. The van der Waals surface area contributed by atoms with Gasteiger partial charge in [-0.3, -0.25) is 4.79 Å². The molecule has 24 heavy (non-hydrogen) atoms. The van der Waals surface area contributed by atoms with E-state index in [-0.39, 0.29) is 18.0 Å². The monoisotopic (exact) mass is 355 g/mol. The van der Waals surface area contributed by atoms with Gasteiger partial charge in [-0.2, -0.15) is 0 Å². The highest BCUT2D eigenvalue weighted by Gasteiger charge is 2.26. The fourth-order valence-corrected chi connectivity index (χ4v) is 3.53. The molecule has 0 atom stereocenters. The molecule has 6 nitrogen and oxygen atoms in total. The SMILES string of the molecule is CC(=O)c1cc(OC(C)C)cc(OC2CCN(S(C)(=O)=O)CC2)c1. The average molecular weight is 355 g/mol. The zero-order valence-corrected chi connectivity index (χ0v) is 15.4. The van der Waals surface area contributed by atoms with Gasteiger partial charge >= 0.3 is 0 Å². The predicted molar refractivity (Wildman–Crippen MR) is 92.3 cm³/mol. The molecule has 0 amide bonds. The number of ketones is 1. The molecule has 1 aliphatic rings. The second-order valence-corrected chi connectivity index (χ2v) is 8.38. The minimum atomic E-state index is -3.15. The minimum Gasteiger partial charge on any atom is -0.491 e. The number of rotatable bonds is 6. The highest BCUT2D eigenvalue weighted by atomic mass is 32.2. The van der Waals surface area contributed by atoms with E-state index in [0.29, 0.717) is 43.0 Å². The normalized spacial score (nSPS) is 17.0. The lowest BCUT2D eigenvalue weighted by Crippen LogP contribution is -2.41. The molecule has 134 valence electrons. The van der Waals surface area contributed by atoms with Crippen molar-refractivity contribution in [3.63, 3.8) is 0 Å². The number of ether oxygens (including phenoxy) is 2. The van der Waals surface area contributed by atoms with Crippen LogP contribution in [-0.4, -0.2) is 50.1 Å². The summed E-state index contributed by atoms with van der Waals surface area (Å²) in [5.74, 6) is 1.12. The maximum absolute atomic E-state index is 11.7. The zero-order valence-electron chi connectivity index (χ0n) is 14.6. The van der Waals surface area contributed by atoms with Crippen LogP contribution in [0.5, 0.6) is 11.5 Å². The number of benzene rings is 1. The Kier molecular flexibility index (Phi) is 5.87. The van der Waals surface area contributed by atoms with E-state index < -0.39 is 10.0 Å². The van der Waals surface area contributed by atoms with Crippen molar-refractivity contribution < 1.29 is 22.7 Å². The highest BCUT2D eigenvalue weighted by Crippen LogP contribution is 2.27. The molecule has 1 fully saturated rings. The summed E-state index contributed by atoms with van der Waals surface area (Å²) in [6.07, 6.45) is 2.39. The van der Waals surface area contributed by atoms with Crippen LogP contribution in [0.2, 0.25) is 0 Å². The summed E-state index contributed by atoms with van der Waals surface area (Å²) in [4.78, 5) is 11.7. The summed E-state index contributed by atoms with van der Waals surface area (Å²) in [6, 6.07) is 5.19. The molecule has 2 rings (SSSR count). The van der Waals surface area contributed by atoms with Gasteiger partial charge in [-0.05, 0) is 45.7 Å². The Hall–Kier alpha value is -1.60. The molecule has 1 saturated heterocycles. The summed E-state index contributed by atoms with van der Waals surface area (Å²) in [6.45, 7) is 6.24. The van der Waals surface area contributed by atoms with E-state index in [1.54, 1.807) is 18.2 Å². The van der Waals surface area contributed by atoms with E-state index >= 15 is 0 Å². The largest absolute Gasteiger partial charge is 0.491 e. The fourth-order valence-electron chi connectivity index (χ4n) is 2.66. The molecule has 0 saturated carbocycles. The van der Waals surface area contributed by atoms with Crippen molar-refractivity contribution in [2.24, 2.45) is 0 Å². The molecule has 0 bridgehead atoms. The molecule has 7 heteroatoms. The molecule has 1 heterocycles. The predicted octanol–water partition coefficient (Wildman–Crippen LogP) is 2.48. The number of Topliss-reactive ketones (excluding diaryl/α,β-unsaturated/α-hetero) is 1. The van der Waals surface area contributed by atoms with Crippen LogP contribution in [-0.2, 0) is 10.0 Å². The first kappa shape index (κ1) is 18.7. The van der Waals surface area contributed by atoms with Crippen LogP contribution in [0.25, 0.3) is 0 Å². The average Bonchev–Trinajstić information content (AvgIpc) is 2.45. The van der Waals surface area contributed by atoms with Gasteiger partial charge in [0.15, 0.2) is 5.78 Å². The van der Waals surface area contributed by atoms with Crippen LogP contribution in [0.3, 0.4) is 0 Å². The number of nitrogens with zero attached hydrogens (tertiary/aromatic N) is 1. The third-order valence-corrected chi connectivity index (χ3v) is 5.13. The second kappa shape index (κ2) is 7.53.